The summed E-state index contributed by atoms with van der Waals surface area (Å²) in [6.45, 7) is 3.42. The third-order valence-electron chi connectivity index (χ3n) is 4.36. The molecule has 2 aromatic rings. The molecule has 1 heterocycles. The largest absolute Gasteiger partial charge is 0.481 e. The first-order valence-corrected chi connectivity index (χ1v) is 8.15. The maximum atomic E-state index is 11.4. The van der Waals surface area contributed by atoms with Gasteiger partial charge in [0, 0.05) is 11.3 Å². The Morgan fingerprint density at radius 3 is 2.90 bits per heavy atom. The normalized spacial score (nSPS) is 18.3. The average Bonchev–Trinajstić information content (AvgIpc) is 2.97. The van der Waals surface area contributed by atoms with Crippen molar-refractivity contribution in [1.82, 2.24) is 4.98 Å². The fourth-order valence-corrected chi connectivity index (χ4v) is 3.99. The Balaban J connectivity index is 1.97. The lowest BCUT2D eigenvalue weighted by Gasteiger charge is -2.24. The highest BCUT2D eigenvalue weighted by atomic mass is 32.1. The minimum absolute atomic E-state index is 0.318. The van der Waals surface area contributed by atoms with Gasteiger partial charge in [0.2, 0.25) is 0 Å². The number of benzene rings is 1. The van der Waals surface area contributed by atoms with E-state index in [4.69, 9.17) is 0 Å². The summed E-state index contributed by atoms with van der Waals surface area (Å²) in [6, 6.07) is 8.54. The Morgan fingerprint density at radius 1 is 1.38 bits per heavy atom. The molecule has 3 nitrogen and oxygen atoms in total. The molecule has 0 spiro atoms. The van der Waals surface area contributed by atoms with Crippen LogP contribution in [0.1, 0.15) is 54.4 Å². The van der Waals surface area contributed by atoms with Crippen molar-refractivity contribution in [2.45, 2.75) is 44.4 Å². The number of aliphatic carboxylic acids is 1. The first kappa shape index (κ1) is 14.3. The lowest BCUT2D eigenvalue weighted by atomic mass is 9.83. The first-order chi connectivity index (χ1) is 10.00. The number of aryl methyl sites for hydroxylation is 1. The van der Waals surface area contributed by atoms with E-state index in [-0.39, 0.29) is 0 Å². The van der Waals surface area contributed by atoms with Gasteiger partial charge in [-0.3, -0.25) is 4.79 Å². The third kappa shape index (κ3) is 2.48. The fourth-order valence-electron chi connectivity index (χ4n) is 2.85. The summed E-state index contributed by atoms with van der Waals surface area (Å²) in [5, 5.41) is 12.3. The van der Waals surface area contributed by atoms with Gasteiger partial charge < -0.3 is 5.11 Å². The number of rotatable bonds is 3. The number of fused-ring (bicyclic) bond motifs is 1. The van der Waals surface area contributed by atoms with Crippen LogP contribution in [0.25, 0.3) is 0 Å². The van der Waals surface area contributed by atoms with Crippen LogP contribution in [0.2, 0.25) is 0 Å². The molecule has 1 aromatic heterocycles. The van der Waals surface area contributed by atoms with Gasteiger partial charge >= 0.3 is 5.97 Å². The lowest BCUT2D eigenvalue weighted by Crippen LogP contribution is -2.29. The molecule has 0 bridgehead atoms. The van der Waals surface area contributed by atoms with Gasteiger partial charge in [0.25, 0.3) is 0 Å². The summed E-state index contributed by atoms with van der Waals surface area (Å²) < 4.78 is 0. The topological polar surface area (TPSA) is 50.2 Å². The highest BCUT2D eigenvalue weighted by molar-refractivity contribution is 7.09. The summed E-state index contributed by atoms with van der Waals surface area (Å²) in [7, 11) is 0. The molecular weight excluding hydrogens is 282 g/mol. The third-order valence-corrected chi connectivity index (χ3v) is 5.32. The molecule has 0 aliphatic heterocycles. The zero-order chi connectivity index (χ0) is 15.0. The van der Waals surface area contributed by atoms with E-state index in [9.17, 15) is 9.90 Å². The van der Waals surface area contributed by atoms with E-state index in [1.165, 1.54) is 17.5 Å². The lowest BCUT2D eigenvalue weighted by molar-refractivity contribution is -0.142. The van der Waals surface area contributed by atoms with E-state index in [0.29, 0.717) is 11.6 Å². The number of carbonyl (C=O) groups is 1. The molecule has 21 heavy (non-hydrogen) atoms. The summed E-state index contributed by atoms with van der Waals surface area (Å²) in [5.41, 5.74) is 2.50. The van der Waals surface area contributed by atoms with Gasteiger partial charge in [0.15, 0.2) is 0 Å². The second kappa shape index (κ2) is 5.26. The molecule has 0 saturated heterocycles. The molecule has 0 amide bonds. The Bertz CT molecular complexity index is 675. The van der Waals surface area contributed by atoms with E-state index in [2.05, 4.69) is 29.2 Å². The summed E-state index contributed by atoms with van der Waals surface area (Å²) in [6.07, 6.45) is 3.39. The van der Waals surface area contributed by atoms with E-state index in [1.54, 1.807) is 25.2 Å². The first-order valence-electron chi connectivity index (χ1n) is 7.27. The maximum Gasteiger partial charge on any atom is 0.315 e. The monoisotopic (exact) mass is 301 g/mol. The fraction of sp³-hybridized carbons (Fsp3) is 0.412. The quantitative estimate of drug-likeness (QED) is 0.933. The molecular formula is C17H19NO2S. The van der Waals surface area contributed by atoms with Crippen molar-refractivity contribution in [2.75, 3.05) is 0 Å². The van der Waals surface area contributed by atoms with Gasteiger partial charge in [-0.05, 0) is 44.2 Å². The molecule has 0 fully saturated rings. The Labute approximate surface area is 128 Å². The summed E-state index contributed by atoms with van der Waals surface area (Å²) >= 11 is 1.59. The van der Waals surface area contributed by atoms with Crippen molar-refractivity contribution in [2.24, 2.45) is 0 Å². The number of thiazole rings is 1. The van der Waals surface area contributed by atoms with E-state index in [1.807, 2.05) is 5.38 Å². The van der Waals surface area contributed by atoms with Gasteiger partial charge in [-0.1, -0.05) is 24.3 Å². The minimum atomic E-state index is -0.928. The smallest absolute Gasteiger partial charge is 0.315 e. The van der Waals surface area contributed by atoms with Crippen LogP contribution in [-0.4, -0.2) is 16.1 Å². The molecule has 3 rings (SSSR count). The number of aromatic nitrogens is 1. The Kier molecular flexibility index (Phi) is 3.57. The molecule has 1 unspecified atom stereocenters. The zero-order valence-electron chi connectivity index (χ0n) is 12.3. The van der Waals surface area contributed by atoms with Gasteiger partial charge in [0.05, 0.1) is 5.69 Å². The Morgan fingerprint density at radius 2 is 2.14 bits per heavy atom. The maximum absolute atomic E-state index is 11.4. The molecule has 4 heteroatoms. The van der Waals surface area contributed by atoms with Gasteiger partial charge in [-0.2, -0.15) is 0 Å². The highest BCUT2D eigenvalue weighted by Gasteiger charge is 2.33. The molecule has 1 aromatic carbocycles. The predicted octanol–water partition coefficient (Wildman–Crippen LogP) is 3.97. The number of nitrogens with zero attached hydrogens (tertiary/aromatic N) is 1. The van der Waals surface area contributed by atoms with Crippen LogP contribution in [-0.2, 0) is 16.6 Å². The van der Waals surface area contributed by atoms with Crippen LogP contribution < -0.4 is 0 Å². The standard InChI is InChI=1S/C17H19NO2S/c1-17(2,16(19)20)14-10-21-15(18-14)13-9-5-7-11-6-3-4-8-12(11)13/h3-4,6,8,10,13H,5,7,9H2,1-2H3,(H,19,20). The van der Waals surface area contributed by atoms with Crippen molar-refractivity contribution < 1.29 is 9.90 Å². The SMILES string of the molecule is CC(C)(C(=O)O)c1csc(C2CCCc3ccccc32)n1. The summed E-state index contributed by atoms with van der Waals surface area (Å²) in [4.78, 5) is 16.0. The van der Waals surface area contributed by atoms with Crippen LogP contribution in [0.4, 0.5) is 0 Å². The molecule has 0 radical (unpaired) electrons. The van der Waals surface area contributed by atoms with Gasteiger partial charge in [0.1, 0.15) is 10.4 Å². The van der Waals surface area contributed by atoms with Crippen LogP contribution in [0.5, 0.6) is 0 Å². The zero-order valence-corrected chi connectivity index (χ0v) is 13.1. The van der Waals surface area contributed by atoms with Crippen LogP contribution in [0, 0.1) is 0 Å². The second-order valence-electron chi connectivity index (χ2n) is 6.14. The molecule has 1 aliphatic rings. The number of hydrogen-bond donors (Lipinski definition) is 1. The van der Waals surface area contributed by atoms with Crippen LogP contribution in [0.15, 0.2) is 29.6 Å². The minimum Gasteiger partial charge on any atom is -0.481 e. The van der Waals surface area contributed by atoms with Gasteiger partial charge in [-0.15, -0.1) is 11.3 Å². The van der Waals surface area contributed by atoms with E-state index in [0.717, 1.165) is 17.8 Å². The number of carboxylic acid groups (broad SMARTS) is 1. The van der Waals surface area contributed by atoms with Crippen molar-refractivity contribution in [1.29, 1.82) is 0 Å². The van der Waals surface area contributed by atoms with E-state index < -0.39 is 11.4 Å². The number of hydrogen-bond acceptors (Lipinski definition) is 3. The molecule has 1 atom stereocenters. The van der Waals surface area contributed by atoms with Gasteiger partial charge in [-0.25, -0.2) is 4.98 Å². The molecule has 0 saturated carbocycles. The molecule has 1 N–H and O–H groups in total. The average molecular weight is 301 g/mol. The Hall–Kier alpha value is -1.68. The van der Waals surface area contributed by atoms with Crippen molar-refractivity contribution in [3.05, 3.63) is 51.5 Å². The second-order valence-corrected chi connectivity index (χ2v) is 7.03. The van der Waals surface area contributed by atoms with Crippen molar-refractivity contribution in [3.63, 3.8) is 0 Å². The summed E-state index contributed by atoms with van der Waals surface area (Å²) in [5.74, 6) is -0.512. The van der Waals surface area contributed by atoms with Crippen LogP contribution >= 0.6 is 11.3 Å². The highest BCUT2D eigenvalue weighted by Crippen LogP contribution is 2.39. The van der Waals surface area contributed by atoms with E-state index >= 15 is 0 Å². The van der Waals surface area contributed by atoms with Crippen LogP contribution in [0.3, 0.4) is 0 Å². The molecule has 1 aliphatic carbocycles. The van der Waals surface area contributed by atoms with Crippen molar-refractivity contribution >= 4 is 17.3 Å². The molecule has 110 valence electrons. The predicted molar refractivity (Wildman–Crippen MR) is 84.0 cm³/mol. The van der Waals surface area contributed by atoms with Crippen molar-refractivity contribution in [3.8, 4) is 0 Å². The number of carboxylic acids is 1.